The summed E-state index contributed by atoms with van der Waals surface area (Å²) < 4.78 is 39.1. The second-order valence-electron chi connectivity index (χ2n) is 6.45. The number of aliphatic hydroxyl groups is 1. The summed E-state index contributed by atoms with van der Waals surface area (Å²) in [6.07, 6.45) is -1.84. The molecule has 0 radical (unpaired) electrons. The van der Waals surface area contributed by atoms with Crippen molar-refractivity contribution in [2.24, 2.45) is 17.8 Å². The van der Waals surface area contributed by atoms with Crippen molar-refractivity contribution >= 4 is 0 Å². The molecule has 0 aromatic heterocycles. The van der Waals surface area contributed by atoms with E-state index in [1.165, 1.54) is 12.1 Å². The van der Waals surface area contributed by atoms with Crippen molar-refractivity contribution in [3.8, 4) is 0 Å². The normalized spacial score (nSPS) is 25.1. The highest BCUT2D eigenvalue weighted by molar-refractivity contribution is 5.32. The minimum atomic E-state index is -4.41. The molecule has 0 bridgehead atoms. The number of aliphatic hydroxyl groups excluding tert-OH is 1. The number of alkyl halides is 3. The maximum Gasteiger partial charge on any atom is 0.416 e. The molecular weight excluding hydrogens is 277 g/mol. The van der Waals surface area contributed by atoms with Crippen LogP contribution >= 0.6 is 0 Å². The first kappa shape index (κ1) is 16.3. The summed E-state index contributed by atoms with van der Waals surface area (Å²) in [6.45, 7) is 4.36. The molecule has 0 saturated heterocycles. The molecule has 0 spiro atoms. The Morgan fingerprint density at radius 2 is 1.52 bits per heavy atom. The van der Waals surface area contributed by atoms with Gasteiger partial charge >= 0.3 is 6.18 Å². The molecule has 1 aromatic carbocycles. The molecule has 1 unspecified atom stereocenters. The van der Waals surface area contributed by atoms with Crippen LogP contribution < -0.4 is 0 Å². The summed E-state index contributed by atoms with van der Waals surface area (Å²) >= 11 is 0. The Bertz CT molecular complexity index is 459. The van der Waals surface area contributed by atoms with Gasteiger partial charge in [-0.05, 0) is 55.1 Å². The summed E-state index contributed by atoms with van der Waals surface area (Å²) in [7, 11) is 0. The fraction of sp³-hybridized carbons (Fsp3) is 0.647. The van der Waals surface area contributed by atoms with Crippen LogP contribution in [-0.4, -0.2) is 5.11 Å². The highest BCUT2D eigenvalue weighted by Gasteiger charge is 2.37. The van der Waals surface area contributed by atoms with Crippen LogP contribution in [0.3, 0.4) is 0 Å². The van der Waals surface area contributed by atoms with Crippen LogP contribution in [0.4, 0.5) is 13.2 Å². The van der Waals surface area contributed by atoms with Crippen LogP contribution in [0.5, 0.6) is 0 Å². The monoisotopic (exact) mass is 300 g/mol. The molecule has 2 rings (SSSR count). The van der Waals surface area contributed by atoms with Crippen LogP contribution in [0.1, 0.15) is 56.8 Å². The Hall–Kier alpha value is -1.03. The summed E-state index contributed by atoms with van der Waals surface area (Å²) in [5.74, 6) is 1.17. The third-order valence-electron chi connectivity index (χ3n) is 4.79. The number of hydrogen-bond acceptors (Lipinski definition) is 1. The van der Waals surface area contributed by atoms with Gasteiger partial charge in [0.25, 0.3) is 0 Å². The van der Waals surface area contributed by atoms with Crippen LogP contribution in [-0.2, 0) is 6.18 Å². The van der Waals surface area contributed by atoms with Gasteiger partial charge < -0.3 is 5.11 Å². The van der Waals surface area contributed by atoms with Crippen molar-refractivity contribution in [3.05, 3.63) is 35.4 Å². The summed E-state index contributed by atoms with van der Waals surface area (Å²) in [5.41, 5.74) is -0.679. The van der Waals surface area contributed by atoms with E-state index < -0.39 is 17.8 Å². The zero-order valence-corrected chi connectivity index (χ0v) is 12.5. The first-order valence-electron chi connectivity index (χ1n) is 7.65. The van der Waals surface area contributed by atoms with Gasteiger partial charge in [0.05, 0.1) is 11.7 Å². The van der Waals surface area contributed by atoms with E-state index in [2.05, 4.69) is 13.8 Å². The van der Waals surface area contributed by atoms with Gasteiger partial charge in [-0.1, -0.05) is 32.0 Å². The highest BCUT2D eigenvalue weighted by Crippen LogP contribution is 2.42. The number of rotatable bonds is 3. The first-order chi connectivity index (χ1) is 9.80. The maximum absolute atomic E-state index is 13.0. The highest BCUT2D eigenvalue weighted by atomic mass is 19.4. The van der Waals surface area contributed by atoms with Crippen molar-refractivity contribution in [2.45, 2.75) is 51.8 Å². The van der Waals surface area contributed by atoms with Crippen molar-refractivity contribution in [1.29, 1.82) is 0 Å². The molecule has 0 heterocycles. The van der Waals surface area contributed by atoms with E-state index in [1.54, 1.807) is 6.07 Å². The molecule has 21 heavy (non-hydrogen) atoms. The van der Waals surface area contributed by atoms with Gasteiger partial charge in [-0.2, -0.15) is 13.2 Å². The van der Waals surface area contributed by atoms with Crippen LogP contribution in [0.2, 0.25) is 0 Å². The van der Waals surface area contributed by atoms with E-state index in [-0.39, 0.29) is 11.5 Å². The molecule has 4 heteroatoms. The third-order valence-corrected chi connectivity index (χ3v) is 4.79. The molecule has 1 saturated carbocycles. The Kier molecular flexibility index (Phi) is 4.97. The summed E-state index contributed by atoms with van der Waals surface area (Å²) in [5, 5.41) is 10.4. The Morgan fingerprint density at radius 1 is 1.00 bits per heavy atom. The third kappa shape index (κ3) is 3.79. The predicted octanol–water partition coefficient (Wildman–Crippen LogP) is 5.20. The molecule has 1 nitrogen and oxygen atoms in total. The van der Waals surface area contributed by atoms with Crippen LogP contribution in [0.25, 0.3) is 0 Å². The zero-order chi connectivity index (χ0) is 15.6. The van der Waals surface area contributed by atoms with E-state index in [9.17, 15) is 18.3 Å². The van der Waals surface area contributed by atoms with E-state index in [1.807, 2.05) is 0 Å². The summed E-state index contributed by atoms with van der Waals surface area (Å²) in [6, 6.07) is 5.39. The first-order valence-corrected chi connectivity index (χ1v) is 7.65. The van der Waals surface area contributed by atoms with E-state index in [0.29, 0.717) is 11.8 Å². The van der Waals surface area contributed by atoms with Gasteiger partial charge in [0, 0.05) is 0 Å². The molecule has 1 fully saturated rings. The van der Waals surface area contributed by atoms with Gasteiger partial charge in [0.1, 0.15) is 0 Å². The topological polar surface area (TPSA) is 20.2 Å². The van der Waals surface area contributed by atoms with Crippen molar-refractivity contribution in [3.63, 3.8) is 0 Å². The SMILES string of the molecule is CC(C)C1CCC(C(O)c2ccccc2C(F)(F)F)CC1. The molecule has 1 N–H and O–H groups in total. The summed E-state index contributed by atoms with van der Waals surface area (Å²) in [4.78, 5) is 0. The molecule has 1 atom stereocenters. The van der Waals surface area contributed by atoms with Gasteiger partial charge in [-0.25, -0.2) is 0 Å². The zero-order valence-electron chi connectivity index (χ0n) is 12.5. The van der Waals surface area contributed by atoms with Crippen molar-refractivity contribution < 1.29 is 18.3 Å². The molecule has 118 valence electrons. The predicted molar refractivity (Wildman–Crippen MR) is 76.7 cm³/mol. The maximum atomic E-state index is 13.0. The number of benzene rings is 1. The van der Waals surface area contributed by atoms with E-state index >= 15 is 0 Å². The lowest BCUT2D eigenvalue weighted by Crippen LogP contribution is -2.24. The molecule has 1 aliphatic rings. The van der Waals surface area contributed by atoms with Gasteiger partial charge in [0.15, 0.2) is 0 Å². The lowest BCUT2D eigenvalue weighted by molar-refractivity contribution is -0.139. The lowest BCUT2D eigenvalue weighted by Gasteiger charge is -2.34. The smallest absolute Gasteiger partial charge is 0.388 e. The minimum Gasteiger partial charge on any atom is -0.388 e. The van der Waals surface area contributed by atoms with E-state index in [4.69, 9.17) is 0 Å². The van der Waals surface area contributed by atoms with Crippen LogP contribution in [0, 0.1) is 17.8 Å². The lowest BCUT2D eigenvalue weighted by atomic mass is 9.74. The van der Waals surface area contributed by atoms with E-state index in [0.717, 1.165) is 31.7 Å². The fourth-order valence-electron chi connectivity index (χ4n) is 3.39. The average molecular weight is 300 g/mol. The molecule has 1 aliphatic carbocycles. The van der Waals surface area contributed by atoms with Gasteiger partial charge in [-0.3, -0.25) is 0 Å². The van der Waals surface area contributed by atoms with Crippen molar-refractivity contribution in [1.82, 2.24) is 0 Å². The Balaban J connectivity index is 2.13. The van der Waals surface area contributed by atoms with Gasteiger partial charge in [0.2, 0.25) is 0 Å². The minimum absolute atomic E-state index is 0.0259. The molecule has 1 aromatic rings. The Morgan fingerprint density at radius 3 is 2.05 bits per heavy atom. The average Bonchev–Trinajstić information content (AvgIpc) is 2.45. The standard InChI is InChI=1S/C17H23F3O/c1-11(2)12-7-9-13(10-8-12)16(21)14-5-3-4-6-15(14)17(18,19)20/h3-6,11-13,16,21H,7-10H2,1-2H3. The fourth-order valence-corrected chi connectivity index (χ4v) is 3.39. The second kappa shape index (κ2) is 6.39. The number of halogens is 3. The number of hydrogen-bond donors (Lipinski definition) is 1. The van der Waals surface area contributed by atoms with Crippen LogP contribution in [0.15, 0.2) is 24.3 Å². The Labute approximate surface area is 124 Å². The molecule has 0 amide bonds. The van der Waals surface area contributed by atoms with Crippen molar-refractivity contribution in [2.75, 3.05) is 0 Å². The quantitative estimate of drug-likeness (QED) is 0.813. The largest absolute Gasteiger partial charge is 0.416 e. The molecule has 0 aliphatic heterocycles. The molecular formula is C17H23F3O. The van der Waals surface area contributed by atoms with Gasteiger partial charge in [-0.15, -0.1) is 0 Å². The second-order valence-corrected chi connectivity index (χ2v) is 6.45.